The molecule has 1 amide bonds. The molecule has 0 spiro atoms. The number of carbonyl (C=O) groups is 1. The summed E-state index contributed by atoms with van der Waals surface area (Å²) >= 11 is 0. The van der Waals surface area contributed by atoms with Crippen molar-refractivity contribution in [2.75, 3.05) is 6.54 Å². The number of rotatable bonds is 4. The zero-order valence-electron chi connectivity index (χ0n) is 12.3. The van der Waals surface area contributed by atoms with Crippen molar-refractivity contribution in [2.45, 2.75) is 45.1 Å². The van der Waals surface area contributed by atoms with Crippen LogP contribution in [0.4, 0.5) is 0 Å². The van der Waals surface area contributed by atoms with Gasteiger partial charge in [0.05, 0.1) is 11.3 Å². The lowest BCUT2D eigenvalue weighted by atomic mass is 9.86. The van der Waals surface area contributed by atoms with Crippen LogP contribution in [0, 0.1) is 5.92 Å². The predicted octanol–water partition coefficient (Wildman–Crippen LogP) is 1.65. The van der Waals surface area contributed by atoms with Gasteiger partial charge in [0, 0.05) is 25.8 Å². The predicted molar refractivity (Wildman–Crippen MR) is 82.1 cm³/mol. The van der Waals surface area contributed by atoms with Crippen molar-refractivity contribution in [3.05, 3.63) is 17.5 Å². The number of halogens is 1. The zero-order valence-corrected chi connectivity index (χ0v) is 13.1. The molecule has 6 heteroatoms. The minimum atomic E-state index is -0.0101. The minimum Gasteiger partial charge on any atom is -0.352 e. The molecular formula is C14H25ClN4O. The van der Waals surface area contributed by atoms with Crippen molar-refractivity contribution >= 4 is 18.3 Å². The first-order valence-electron chi connectivity index (χ1n) is 7.16. The lowest BCUT2D eigenvalue weighted by molar-refractivity contribution is 0.0941. The zero-order chi connectivity index (χ0) is 13.8. The van der Waals surface area contributed by atoms with E-state index in [-0.39, 0.29) is 18.3 Å². The first-order chi connectivity index (χ1) is 9.10. The number of aromatic nitrogens is 2. The maximum absolute atomic E-state index is 12.2. The molecule has 1 aliphatic carbocycles. The smallest absolute Gasteiger partial charge is 0.254 e. The summed E-state index contributed by atoms with van der Waals surface area (Å²) in [6.45, 7) is 2.74. The quantitative estimate of drug-likeness (QED) is 0.888. The molecule has 0 aromatic carbocycles. The molecular weight excluding hydrogens is 276 g/mol. The van der Waals surface area contributed by atoms with E-state index in [4.69, 9.17) is 5.73 Å². The molecule has 1 aromatic rings. The Morgan fingerprint density at radius 1 is 1.55 bits per heavy atom. The molecule has 2 rings (SSSR count). The summed E-state index contributed by atoms with van der Waals surface area (Å²) in [5, 5.41) is 7.32. The van der Waals surface area contributed by atoms with Crippen LogP contribution in [-0.4, -0.2) is 28.3 Å². The third-order valence-electron chi connectivity index (χ3n) is 3.86. The third kappa shape index (κ3) is 4.21. The summed E-state index contributed by atoms with van der Waals surface area (Å²) in [6.07, 6.45) is 7.05. The van der Waals surface area contributed by atoms with E-state index in [9.17, 15) is 4.79 Å². The molecule has 1 aromatic heterocycles. The van der Waals surface area contributed by atoms with E-state index in [0.29, 0.717) is 17.5 Å². The standard InChI is InChI=1S/C14H24N4O.ClH/c1-3-13-12(9-18(2)17-13)14(19)16-8-10-5-4-6-11(15)7-10;/h9-11H,3-8,15H2,1-2H3,(H,16,19);1H. The van der Waals surface area contributed by atoms with Crippen LogP contribution in [0.5, 0.6) is 0 Å². The highest BCUT2D eigenvalue weighted by Crippen LogP contribution is 2.22. The number of nitrogens with one attached hydrogen (secondary N) is 1. The molecule has 0 radical (unpaired) electrons. The van der Waals surface area contributed by atoms with Crippen molar-refractivity contribution < 1.29 is 4.79 Å². The largest absolute Gasteiger partial charge is 0.352 e. The van der Waals surface area contributed by atoms with Crippen molar-refractivity contribution in [1.82, 2.24) is 15.1 Å². The van der Waals surface area contributed by atoms with Gasteiger partial charge in [-0.05, 0) is 31.6 Å². The van der Waals surface area contributed by atoms with Gasteiger partial charge < -0.3 is 11.1 Å². The van der Waals surface area contributed by atoms with Crippen LogP contribution in [-0.2, 0) is 13.5 Å². The number of hydrogen-bond acceptors (Lipinski definition) is 3. The Morgan fingerprint density at radius 2 is 2.30 bits per heavy atom. The van der Waals surface area contributed by atoms with Crippen molar-refractivity contribution in [3.63, 3.8) is 0 Å². The molecule has 2 unspecified atom stereocenters. The van der Waals surface area contributed by atoms with E-state index in [0.717, 1.165) is 31.5 Å². The molecule has 5 nitrogen and oxygen atoms in total. The Hall–Kier alpha value is -1.07. The summed E-state index contributed by atoms with van der Waals surface area (Å²) in [5.74, 6) is 0.513. The van der Waals surface area contributed by atoms with E-state index in [1.54, 1.807) is 10.9 Å². The number of aryl methyl sites for hydroxylation is 2. The Balaban J connectivity index is 0.00000200. The van der Waals surface area contributed by atoms with Gasteiger partial charge in [-0.15, -0.1) is 12.4 Å². The van der Waals surface area contributed by atoms with Crippen LogP contribution >= 0.6 is 12.4 Å². The third-order valence-corrected chi connectivity index (χ3v) is 3.86. The van der Waals surface area contributed by atoms with Crippen LogP contribution in [0.2, 0.25) is 0 Å². The fraction of sp³-hybridized carbons (Fsp3) is 0.714. The topological polar surface area (TPSA) is 72.9 Å². The Bertz CT molecular complexity index is 446. The second-order valence-corrected chi connectivity index (χ2v) is 5.52. The Morgan fingerprint density at radius 3 is 2.95 bits per heavy atom. The number of nitrogens with zero attached hydrogens (tertiary/aromatic N) is 2. The summed E-state index contributed by atoms with van der Waals surface area (Å²) < 4.78 is 1.70. The van der Waals surface area contributed by atoms with Crippen molar-refractivity contribution in [3.8, 4) is 0 Å². The molecule has 1 heterocycles. The van der Waals surface area contributed by atoms with Crippen molar-refractivity contribution in [2.24, 2.45) is 18.7 Å². The summed E-state index contributed by atoms with van der Waals surface area (Å²) in [4.78, 5) is 12.2. The molecule has 0 aliphatic heterocycles. The van der Waals surface area contributed by atoms with Gasteiger partial charge in [0.1, 0.15) is 0 Å². The fourth-order valence-electron chi connectivity index (χ4n) is 2.84. The van der Waals surface area contributed by atoms with E-state index in [2.05, 4.69) is 10.4 Å². The van der Waals surface area contributed by atoms with Gasteiger partial charge in [-0.3, -0.25) is 9.48 Å². The fourth-order valence-corrected chi connectivity index (χ4v) is 2.84. The minimum absolute atomic E-state index is 0. The summed E-state index contributed by atoms with van der Waals surface area (Å²) in [5.41, 5.74) is 7.53. The van der Waals surface area contributed by atoms with Crippen LogP contribution in [0.1, 0.15) is 48.7 Å². The average molecular weight is 301 g/mol. The van der Waals surface area contributed by atoms with E-state index in [1.165, 1.54) is 12.8 Å². The maximum atomic E-state index is 12.2. The summed E-state index contributed by atoms with van der Waals surface area (Å²) in [6, 6.07) is 0.306. The lowest BCUT2D eigenvalue weighted by Crippen LogP contribution is -2.35. The van der Waals surface area contributed by atoms with Gasteiger partial charge in [-0.25, -0.2) is 0 Å². The molecule has 20 heavy (non-hydrogen) atoms. The molecule has 3 N–H and O–H groups in total. The van der Waals surface area contributed by atoms with Gasteiger partial charge in [0.2, 0.25) is 0 Å². The summed E-state index contributed by atoms with van der Waals surface area (Å²) in [7, 11) is 1.84. The van der Waals surface area contributed by atoms with Gasteiger partial charge in [0.25, 0.3) is 5.91 Å². The van der Waals surface area contributed by atoms with E-state index >= 15 is 0 Å². The highest BCUT2D eigenvalue weighted by molar-refractivity contribution is 5.95. The van der Waals surface area contributed by atoms with E-state index in [1.807, 2.05) is 14.0 Å². The molecule has 1 fully saturated rings. The molecule has 2 atom stereocenters. The lowest BCUT2D eigenvalue weighted by Gasteiger charge is -2.26. The highest BCUT2D eigenvalue weighted by Gasteiger charge is 2.21. The van der Waals surface area contributed by atoms with E-state index < -0.39 is 0 Å². The number of hydrogen-bond donors (Lipinski definition) is 2. The van der Waals surface area contributed by atoms with Crippen LogP contribution in [0.3, 0.4) is 0 Å². The first kappa shape index (κ1) is 17.0. The van der Waals surface area contributed by atoms with Gasteiger partial charge in [-0.1, -0.05) is 13.3 Å². The van der Waals surface area contributed by atoms with Crippen LogP contribution in [0.15, 0.2) is 6.20 Å². The number of carbonyl (C=O) groups excluding carboxylic acids is 1. The Labute approximate surface area is 126 Å². The number of amides is 1. The normalized spacial score (nSPS) is 22.1. The molecule has 1 aliphatic rings. The molecule has 1 saturated carbocycles. The van der Waals surface area contributed by atoms with Crippen molar-refractivity contribution in [1.29, 1.82) is 0 Å². The first-order valence-corrected chi connectivity index (χ1v) is 7.16. The SMILES string of the molecule is CCc1nn(C)cc1C(=O)NCC1CCCC(N)C1.Cl. The second kappa shape index (κ2) is 7.64. The molecule has 0 bridgehead atoms. The van der Waals surface area contributed by atoms with Gasteiger partial charge in [0.15, 0.2) is 0 Å². The van der Waals surface area contributed by atoms with Crippen LogP contribution in [0.25, 0.3) is 0 Å². The monoisotopic (exact) mass is 300 g/mol. The van der Waals surface area contributed by atoms with Gasteiger partial charge in [-0.2, -0.15) is 5.10 Å². The van der Waals surface area contributed by atoms with Crippen LogP contribution < -0.4 is 11.1 Å². The second-order valence-electron chi connectivity index (χ2n) is 5.52. The highest BCUT2D eigenvalue weighted by atomic mass is 35.5. The maximum Gasteiger partial charge on any atom is 0.254 e. The van der Waals surface area contributed by atoms with Gasteiger partial charge >= 0.3 is 0 Å². The Kier molecular flexibility index (Phi) is 6.49. The number of nitrogens with two attached hydrogens (primary N) is 1. The molecule has 114 valence electrons. The average Bonchev–Trinajstić information content (AvgIpc) is 2.77. The molecule has 0 saturated heterocycles.